The number of H-pyrrole nitrogens is 1. The molecule has 6 heteroatoms. The number of pyridine rings is 1. The van der Waals surface area contributed by atoms with Gasteiger partial charge in [-0.1, -0.05) is 6.58 Å². The summed E-state index contributed by atoms with van der Waals surface area (Å²) in [6.07, 6.45) is 8.37. The van der Waals surface area contributed by atoms with Crippen molar-refractivity contribution in [3.05, 3.63) is 30.6 Å². The van der Waals surface area contributed by atoms with Crippen molar-refractivity contribution in [2.75, 3.05) is 0 Å². The summed E-state index contributed by atoms with van der Waals surface area (Å²) in [6, 6.07) is 1.99. The summed E-state index contributed by atoms with van der Waals surface area (Å²) in [7, 11) is -0.889. The number of nitrogens with zero attached hydrogens (tertiary/aromatic N) is 1. The molecule has 134 valence electrons. The van der Waals surface area contributed by atoms with Crippen LogP contribution in [0.15, 0.2) is 25.0 Å². The summed E-state index contributed by atoms with van der Waals surface area (Å²) < 4.78 is 11.6. The largest absolute Gasteiger partial charge is 0.535 e. The molecule has 1 saturated carbocycles. The van der Waals surface area contributed by atoms with E-state index in [2.05, 4.69) is 30.4 Å². The van der Waals surface area contributed by atoms with Crippen LogP contribution in [0, 0.1) is 5.92 Å². The molecule has 2 aromatic heterocycles. The van der Waals surface area contributed by atoms with Crippen molar-refractivity contribution in [1.29, 1.82) is 0 Å². The first-order valence-corrected chi connectivity index (χ1v) is 9.11. The molecule has 0 radical (unpaired) electrons. The fourth-order valence-corrected chi connectivity index (χ4v) is 3.73. The Bertz CT molecular complexity index is 733. The molecule has 0 saturated heterocycles. The van der Waals surface area contributed by atoms with Gasteiger partial charge in [-0.25, -0.2) is 4.98 Å². The van der Waals surface area contributed by atoms with Gasteiger partial charge in [0.1, 0.15) is 11.4 Å². The Hall–Kier alpha value is -1.79. The van der Waals surface area contributed by atoms with Gasteiger partial charge >= 0.3 is 7.12 Å². The lowest BCUT2D eigenvalue weighted by molar-refractivity contribution is -0.0159. The van der Waals surface area contributed by atoms with Gasteiger partial charge in [0.05, 0.1) is 18.4 Å². The van der Waals surface area contributed by atoms with Gasteiger partial charge in [-0.15, -0.1) is 0 Å². The molecule has 2 aromatic rings. The highest BCUT2D eigenvalue weighted by Gasteiger charge is 2.27. The number of ether oxygens (including phenoxy) is 1. The molecule has 2 heterocycles. The van der Waals surface area contributed by atoms with E-state index in [4.69, 9.17) is 9.39 Å². The number of hydrogen-bond acceptors (Lipinski definition) is 4. The summed E-state index contributed by atoms with van der Waals surface area (Å²) in [5.41, 5.74) is 2.83. The number of aromatic amines is 1. The molecule has 0 spiro atoms. The molecule has 1 fully saturated rings. The van der Waals surface area contributed by atoms with Gasteiger partial charge in [-0.3, -0.25) is 0 Å². The van der Waals surface area contributed by atoms with Gasteiger partial charge in [-0.05, 0) is 63.9 Å². The van der Waals surface area contributed by atoms with Crippen LogP contribution in [0.5, 0.6) is 5.75 Å². The van der Waals surface area contributed by atoms with Gasteiger partial charge < -0.3 is 19.4 Å². The summed E-state index contributed by atoms with van der Waals surface area (Å²) in [4.78, 5) is 7.51. The van der Waals surface area contributed by atoms with Crippen LogP contribution in [-0.4, -0.2) is 34.3 Å². The second-order valence-corrected chi connectivity index (χ2v) is 7.14. The van der Waals surface area contributed by atoms with Crippen LogP contribution >= 0.6 is 0 Å². The fraction of sp³-hybridized carbons (Fsp3) is 0.526. The molecule has 0 aromatic carbocycles. The zero-order valence-corrected chi connectivity index (χ0v) is 15.3. The lowest BCUT2D eigenvalue weighted by Gasteiger charge is -2.31. The van der Waals surface area contributed by atoms with E-state index in [-0.39, 0.29) is 6.10 Å². The van der Waals surface area contributed by atoms with Crippen molar-refractivity contribution >= 4 is 23.7 Å². The Kier molecular flexibility index (Phi) is 5.49. The summed E-state index contributed by atoms with van der Waals surface area (Å²) in [5, 5.41) is 10.6. The van der Waals surface area contributed by atoms with E-state index >= 15 is 0 Å². The van der Waals surface area contributed by atoms with Gasteiger partial charge in [-0.2, -0.15) is 0 Å². The molecule has 0 atom stereocenters. The zero-order valence-electron chi connectivity index (χ0n) is 15.3. The highest BCUT2D eigenvalue weighted by atomic mass is 16.5. The first-order chi connectivity index (χ1) is 12.0. The maximum Gasteiger partial charge on any atom is 0.519 e. The zero-order chi connectivity index (χ0) is 18.0. The Labute approximate surface area is 149 Å². The van der Waals surface area contributed by atoms with Crippen LogP contribution < -0.4 is 4.65 Å². The molecule has 0 amide bonds. The van der Waals surface area contributed by atoms with Crippen LogP contribution in [0.4, 0.5) is 0 Å². The monoisotopic (exact) mass is 342 g/mol. The maximum atomic E-state index is 9.66. The molecular formula is C19H27BN2O3. The third-order valence-electron chi connectivity index (χ3n) is 4.80. The fourth-order valence-electron chi connectivity index (χ4n) is 3.73. The average Bonchev–Trinajstić information content (AvgIpc) is 3.02. The van der Waals surface area contributed by atoms with Crippen molar-refractivity contribution in [2.24, 2.45) is 5.92 Å². The lowest BCUT2D eigenvalue weighted by Crippen LogP contribution is -2.25. The van der Waals surface area contributed by atoms with Crippen LogP contribution in [0.3, 0.4) is 0 Å². The van der Waals surface area contributed by atoms with Gasteiger partial charge in [0.2, 0.25) is 0 Å². The molecular weight excluding hydrogens is 315 g/mol. The van der Waals surface area contributed by atoms with Gasteiger partial charge in [0.15, 0.2) is 0 Å². The molecule has 1 aliphatic carbocycles. The number of aromatic nitrogens is 2. The van der Waals surface area contributed by atoms with Crippen molar-refractivity contribution in [3.63, 3.8) is 0 Å². The maximum absolute atomic E-state index is 9.66. The Morgan fingerprint density at radius 1 is 1.36 bits per heavy atom. The minimum absolute atomic E-state index is 0.274. The number of fused-ring (bicyclic) bond motifs is 1. The Morgan fingerprint density at radius 2 is 2.08 bits per heavy atom. The van der Waals surface area contributed by atoms with E-state index in [1.165, 1.54) is 0 Å². The van der Waals surface area contributed by atoms with E-state index in [0.717, 1.165) is 47.9 Å². The Morgan fingerprint density at radius 3 is 2.72 bits per heavy atom. The van der Waals surface area contributed by atoms with E-state index in [1.54, 1.807) is 13.0 Å². The highest BCUT2D eigenvalue weighted by molar-refractivity contribution is 6.41. The Balaban J connectivity index is 1.83. The predicted molar refractivity (Wildman–Crippen MR) is 102 cm³/mol. The third-order valence-corrected chi connectivity index (χ3v) is 4.80. The molecule has 5 nitrogen and oxygen atoms in total. The molecule has 2 N–H and O–H groups in total. The standard InChI is InChI=1S/C19H27BN2O3/c1-12(2)24-15-7-5-14(6-8-15)13(3)18-16-9-10-21-19(16)22-11-17(18)25-20(4)23/h9-12,14-15,23H,3,5-8H2,1-2,4H3,(H,21,22)/t14-,15-. The number of allylic oxidation sites excluding steroid dienone is 1. The van der Waals surface area contributed by atoms with Crippen LogP contribution in [-0.2, 0) is 4.74 Å². The third kappa shape index (κ3) is 4.07. The molecule has 0 unspecified atom stereocenters. The normalized spacial score (nSPS) is 20.8. The average molecular weight is 342 g/mol. The highest BCUT2D eigenvalue weighted by Crippen LogP contribution is 2.41. The molecule has 0 bridgehead atoms. The van der Waals surface area contributed by atoms with E-state index in [0.29, 0.717) is 17.8 Å². The first-order valence-electron chi connectivity index (χ1n) is 9.11. The van der Waals surface area contributed by atoms with Crippen molar-refractivity contribution < 1.29 is 14.4 Å². The van der Waals surface area contributed by atoms with E-state index < -0.39 is 7.12 Å². The van der Waals surface area contributed by atoms with Crippen LogP contribution in [0.25, 0.3) is 16.6 Å². The number of hydrogen-bond donors (Lipinski definition) is 2. The first kappa shape index (κ1) is 18.0. The molecule has 3 rings (SSSR count). The van der Waals surface area contributed by atoms with Crippen molar-refractivity contribution in [3.8, 4) is 5.75 Å². The minimum Gasteiger partial charge on any atom is -0.535 e. The molecule has 25 heavy (non-hydrogen) atoms. The summed E-state index contributed by atoms with van der Waals surface area (Å²) >= 11 is 0. The van der Waals surface area contributed by atoms with Crippen molar-refractivity contribution in [2.45, 2.75) is 58.6 Å². The van der Waals surface area contributed by atoms with Crippen molar-refractivity contribution in [1.82, 2.24) is 9.97 Å². The summed E-state index contributed by atoms with van der Waals surface area (Å²) in [6.45, 7) is 10.2. The second kappa shape index (κ2) is 7.62. The quantitative estimate of drug-likeness (QED) is 0.777. The summed E-state index contributed by atoms with van der Waals surface area (Å²) in [5.74, 6) is 0.983. The van der Waals surface area contributed by atoms with E-state index in [1.807, 2.05) is 12.3 Å². The van der Waals surface area contributed by atoms with Crippen LogP contribution in [0.2, 0.25) is 6.82 Å². The number of nitrogens with one attached hydrogen (secondary N) is 1. The predicted octanol–water partition coefficient (Wildman–Crippen LogP) is 4.05. The lowest BCUT2D eigenvalue weighted by atomic mass is 9.79. The van der Waals surface area contributed by atoms with Gasteiger partial charge in [0.25, 0.3) is 0 Å². The molecule has 1 aliphatic rings. The smallest absolute Gasteiger partial charge is 0.519 e. The van der Waals surface area contributed by atoms with E-state index in [9.17, 15) is 5.02 Å². The SMILES string of the molecule is C=C(c1c(OB(C)O)cnc2[nH]ccc12)[C@H]1CC[C@H](OC(C)C)CC1. The molecule has 0 aliphatic heterocycles. The topological polar surface area (TPSA) is 67.4 Å². The van der Waals surface area contributed by atoms with Gasteiger partial charge in [0, 0.05) is 17.1 Å². The number of rotatable bonds is 6. The second-order valence-electron chi connectivity index (χ2n) is 7.14. The minimum atomic E-state index is -0.889. The van der Waals surface area contributed by atoms with Crippen LogP contribution in [0.1, 0.15) is 45.1 Å².